The van der Waals surface area contributed by atoms with E-state index in [4.69, 9.17) is 16.3 Å². The summed E-state index contributed by atoms with van der Waals surface area (Å²) in [7, 11) is 0. The number of nitrogens with one attached hydrogen (secondary N) is 1. The third kappa shape index (κ3) is 3.52. The predicted molar refractivity (Wildman–Crippen MR) is 80.9 cm³/mol. The Kier molecular flexibility index (Phi) is 4.50. The molecule has 9 heteroatoms. The van der Waals surface area contributed by atoms with Gasteiger partial charge in [-0.3, -0.25) is 4.79 Å². The van der Waals surface area contributed by atoms with Gasteiger partial charge in [0.2, 0.25) is 5.91 Å². The summed E-state index contributed by atoms with van der Waals surface area (Å²) in [5.41, 5.74) is 1.60. The number of hydrogen-bond acceptors (Lipinski definition) is 6. The van der Waals surface area contributed by atoms with Crippen molar-refractivity contribution in [2.75, 3.05) is 36.5 Å². The highest BCUT2D eigenvalue weighted by Crippen LogP contribution is 2.29. The molecule has 0 radical (unpaired) electrons. The lowest BCUT2D eigenvalue weighted by molar-refractivity contribution is -0.116. The van der Waals surface area contributed by atoms with Crippen LogP contribution in [-0.2, 0) is 16.1 Å². The van der Waals surface area contributed by atoms with Crippen LogP contribution in [0.5, 0.6) is 0 Å². The van der Waals surface area contributed by atoms with Gasteiger partial charge in [0.05, 0.1) is 24.6 Å². The number of ether oxygens (including phenoxy) is 1. The molecule has 1 N–H and O–H groups in total. The van der Waals surface area contributed by atoms with E-state index in [2.05, 4.69) is 25.7 Å². The molecule has 116 valence electrons. The van der Waals surface area contributed by atoms with E-state index in [0.29, 0.717) is 23.9 Å². The minimum absolute atomic E-state index is 0.0437. The maximum Gasteiger partial charge on any atom is 0.246 e. The van der Waals surface area contributed by atoms with Crippen molar-refractivity contribution in [1.29, 1.82) is 0 Å². The molecule has 0 spiro atoms. The van der Waals surface area contributed by atoms with Crippen LogP contribution in [0.15, 0.2) is 24.5 Å². The number of carbonyl (C=O) groups is 1. The van der Waals surface area contributed by atoms with Crippen LogP contribution in [-0.4, -0.2) is 52.4 Å². The number of amides is 1. The lowest BCUT2D eigenvalue weighted by atomic mass is 10.2. The predicted octanol–water partition coefficient (Wildman–Crippen LogP) is 0.802. The van der Waals surface area contributed by atoms with Gasteiger partial charge < -0.3 is 15.0 Å². The largest absolute Gasteiger partial charge is 0.378 e. The standard InChI is InChI=1S/C13H15ClN6O2/c14-10-1-2-12(19-3-5-22-6-4-19)11(7-10)16-13(21)8-20-9-15-17-18-20/h1-2,7,9H,3-6,8H2,(H,16,21). The van der Waals surface area contributed by atoms with Gasteiger partial charge in [0.1, 0.15) is 12.9 Å². The first-order valence-corrected chi connectivity index (χ1v) is 7.23. The zero-order valence-electron chi connectivity index (χ0n) is 11.8. The highest BCUT2D eigenvalue weighted by Gasteiger charge is 2.16. The minimum atomic E-state index is -0.218. The average Bonchev–Trinajstić information content (AvgIpc) is 3.01. The van der Waals surface area contributed by atoms with Crippen LogP contribution < -0.4 is 10.2 Å². The molecule has 1 aliphatic heterocycles. The Labute approximate surface area is 132 Å². The summed E-state index contributed by atoms with van der Waals surface area (Å²) < 4.78 is 6.71. The molecule has 1 aromatic heterocycles. The van der Waals surface area contributed by atoms with Crippen LogP contribution in [0.25, 0.3) is 0 Å². The van der Waals surface area contributed by atoms with Crippen LogP contribution in [0.2, 0.25) is 5.02 Å². The third-order valence-corrected chi connectivity index (χ3v) is 3.52. The first-order valence-electron chi connectivity index (χ1n) is 6.85. The lowest BCUT2D eigenvalue weighted by Crippen LogP contribution is -2.36. The molecular weight excluding hydrogens is 308 g/mol. The molecule has 2 aromatic rings. The van der Waals surface area contributed by atoms with Crippen molar-refractivity contribution in [1.82, 2.24) is 20.2 Å². The van der Waals surface area contributed by atoms with E-state index >= 15 is 0 Å². The summed E-state index contributed by atoms with van der Waals surface area (Å²) >= 11 is 6.05. The molecule has 0 atom stereocenters. The van der Waals surface area contributed by atoms with Crippen molar-refractivity contribution in [2.45, 2.75) is 6.54 Å². The summed E-state index contributed by atoms with van der Waals surface area (Å²) in [5, 5.41) is 14.1. The smallest absolute Gasteiger partial charge is 0.246 e. The maximum absolute atomic E-state index is 12.1. The van der Waals surface area contributed by atoms with Gasteiger partial charge in [-0.1, -0.05) is 11.6 Å². The highest BCUT2D eigenvalue weighted by molar-refractivity contribution is 6.31. The minimum Gasteiger partial charge on any atom is -0.378 e. The van der Waals surface area contributed by atoms with Gasteiger partial charge in [-0.15, -0.1) is 5.10 Å². The molecule has 0 unspecified atom stereocenters. The average molecular weight is 323 g/mol. The van der Waals surface area contributed by atoms with Crippen molar-refractivity contribution < 1.29 is 9.53 Å². The Morgan fingerprint density at radius 3 is 2.91 bits per heavy atom. The van der Waals surface area contributed by atoms with Crippen molar-refractivity contribution in [3.8, 4) is 0 Å². The molecule has 3 rings (SSSR count). The Bertz CT molecular complexity index is 642. The molecule has 1 aromatic carbocycles. The monoisotopic (exact) mass is 322 g/mol. The zero-order chi connectivity index (χ0) is 15.4. The van der Waals surface area contributed by atoms with Gasteiger partial charge in [-0.05, 0) is 28.6 Å². The molecule has 1 aliphatic rings. The number of benzene rings is 1. The molecule has 8 nitrogen and oxygen atoms in total. The van der Waals surface area contributed by atoms with Gasteiger partial charge in [0, 0.05) is 18.1 Å². The molecule has 1 amide bonds. The van der Waals surface area contributed by atoms with Crippen molar-refractivity contribution in [3.63, 3.8) is 0 Å². The van der Waals surface area contributed by atoms with E-state index in [1.54, 1.807) is 6.07 Å². The Balaban J connectivity index is 1.76. The molecule has 22 heavy (non-hydrogen) atoms. The molecular formula is C13H15ClN6O2. The summed E-state index contributed by atoms with van der Waals surface area (Å²) in [4.78, 5) is 14.3. The molecule has 2 heterocycles. The first-order chi connectivity index (χ1) is 10.7. The maximum atomic E-state index is 12.1. The quantitative estimate of drug-likeness (QED) is 0.896. The van der Waals surface area contributed by atoms with E-state index < -0.39 is 0 Å². The zero-order valence-corrected chi connectivity index (χ0v) is 12.5. The van der Waals surface area contributed by atoms with Gasteiger partial charge in [-0.25, -0.2) is 4.68 Å². The molecule has 0 aliphatic carbocycles. The second-order valence-corrected chi connectivity index (χ2v) is 5.25. The lowest BCUT2D eigenvalue weighted by Gasteiger charge is -2.30. The van der Waals surface area contributed by atoms with E-state index in [9.17, 15) is 4.79 Å². The second-order valence-electron chi connectivity index (χ2n) is 4.82. The molecule has 1 saturated heterocycles. The number of morpholine rings is 1. The number of anilines is 2. The van der Waals surface area contributed by atoms with E-state index in [1.807, 2.05) is 12.1 Å². The molecule has 1 fully saturated rings. The fourth-order valence-corrected chi connectivity index (χ4v) is 2.45. The Morgan fingerprint density at radius 1 is 1.36 bits per heavy atom. The van der Waals surface area contributed by atoms with Gasteiger partial charge in [0.25, 0.3) is 0 Å². The summed E-state index contributed by atoms with van der Waals surface area (Å²) in [6.07, 6.45) is 1.39. The highest BCUT2D eigenvalue weighted by atomic mass is 35.5. The summed E-state index contributed by atoms with van der Waals surface area (Å²) in [6, 6.07) is 5.45. The van der Waals surface area contributed by atoms with Crippen molar-refractivity contribution >= 4 is 28.9 Å². The van der Waals surface area contributed by atoms with Crippen molar-refractivity contribution in [2.24, 2.45) is 0 Å². The number of carbonyl (C=O) groups excluding carboxylic acids is 1. The number of rotatable bonds is 4. The summed E-state index contributed by atoms with van der Waals surface area (Å²) in [5.74, 6) is -0.218. The summed E-state index contributed by atoms with van der Waals surface area (Å²) in [6.45, 7) is 2.93. The Hall–Kier alpha value is -2.19. The van der Waals surface area contributed by atoms with Gasteiger partial charge in [0.15, 0.2) is 0 Å². The second kappa shape index (κ2) is 6.71. The van der Waals surface area contributed by atoms with Crippen LogP contribution in [0.1, 0.15) is 0 Å². The number of tetrazole rings is 1. The fourth-order valence-electron chi connectivity index (χ4n) is 2.28. The third-order valence-electron chi connectivity index (χ3n) is 3.28. The molecule has 0 bridgehead atoms. The first kappa shape index (κ1) is 14.7. The fraction of sp³-hybridized carbons (Fsp3) is 0.385. The van der Waals surface area contributed by atoms with Gasteiger partial charge >= 0.3 is 0 Å². The van der Waals surface area contributed by atoms with E-state index in [-0.39, 0.29) is 12.5 Å². The number of halogens is 1. The van der Waals surface area contributed by atoms with Crippen LogP contribution in [0, 0.1) is 0 Å². The van der Waals surface area contributed by atoms with Crippen molar-refractivity contribution in [3.05, 3.63) is 29.5 Å². The van der Waals surface area contributed by atoms with Crippen LogP contribution in [0.4, 0.5) is 11.4 Å². The van der Waals surface area contributed by atoms with E-state index in [1.165, 1.54) is 11.0 Å². The number of hydrogen-bond donors (Lipinski definition) is 1. The van der Waals surface area contributed by atoms with Crippen LogP contribution in [0.3, 0.4) is 0 Å². The van der Waals surface area contributed by atoms with Gasteiger partial charge in [-0.2, -0.15) is 0 Å². The number of nitrogens with zero attached hydrogens (tertiary/aromatic N) is 5. The topological polar surface area (TPSA) is 85.2 Å². The van der Waals surface area contributed by atoms with Crippen LogP contribution >= 0.6 is 11.6 Å². The normalized spacial score (nSPS) is 14.9. The SMILES string of the molecule is O=C(Cn1cnnn1)Nc1cc(Cl)ccc1N1CCOCC1. The Morgan fingerprint density at radius 2 is 2.18 bits per heavy atom. The number of aromatic nitrogens is 4. The molecule has 0 saturated carbocycles. The van der Waals surface area contributed by atoms with E-state index in [0.717, 1.165) is 18.8 Å².